The Morgan fingerprint density at radius 2 is 1.84 bits per heavy atom. The molecule has 3 heteroatoms. The molecule has 0 aliphatic heterocycles. The molecule has 0 aliphatic carbocycles. The zero-order valence-corrected chi connectivity index (χ0v) is 12.5. The fraction of sp³-hybridized carbons (Fsp3) is 0.375. The number of rotatable bonds is 5. The van der Waals surface area contributed by atoms with Crippen LogP contribution in [0.3, 0.4) is 0 Å². The van der Waals surface area contributed by atoms with Gasteiger partial charge in [-0.3, -0.25) is 0 Å². The highest BCUT2D eigenvalue weighted by Gasteiger charge is 2.12. The van der Waals surface area contributed by atoms with Crippen molar-refractivity contribution in [1.82, 2.24) is 0 Å². The lowest BCUT2D eigenvalue weighted by Crippen LogP contribution is -2.10. The fourth-order valence-corrected chi connectivity index (χ4v) is 2.92. The van der Waals surface area contributed by atoms with Crippen molar-refractivity contribution in [3.05, 3.63) is 51.7 Å². The van der Waals surface area contributed by atoms with Crippen LogP contribution in [-0.4, -0.2) is 7.11 Å². The van der Waals surface area contributed by atoms with Crippen molar-refractivity contribution < 1.29 is 4.74 Å². The summed E-state index contributed by atoms with van der Waals surface area (Å²) in [5, 5.41) is 1.99. The van der Waals surface area contributed by atoms with Gasteiger partial charge in [-0.15, -0.1) is 11.3 Å². The molecule has 1 aromatic carbocycles. The SMILES string of the molecule is CCC(C)c1ccc(C(N)c2cc(OC)cs2)cc1. The Hall–Kier alpha value is -1.32. The zero-order valence-electron chi connectivity index (χ0n) is 11.7. The summed E-state index contributed by atoms with van der Waals surface area (Å²) in [6, 6.07) is 10.6. The molecule has 1 aromatic heterocycles. The fourth-order valence-electron chi connectivity index (χ4n) is 2.04. The largest absolute Gasteiger partial charge is 0.496 e. The predicted octanol–water partition coefficient (Wildman–Crippen LogP) is 4.32. The predicted molar refractivity (Wildman–Crippen MR) is 82.0 cm³/mol. The Bertz CT molecular complexity index is 518. The number of methoxy groups -OCH3 is 1. The van der Waals surface area contributed by atoms with Crippen molar-refractivity contribution in [3.63, 3.8) is 0 Å². The van der Waals surface area contributed by atoms with Gasteiger partial charge in [-0.05, 0) is 29.5 Å². The summed E-state index contributed by atoms with van der Waals surface area (Å²) in [5.41, 5.74) is 8.82. The normalized spacial score (nSPS) is 14.1. The lowest BCUT2D eigenvalue weighted by atomic mass is 9.96. The molecule has 2 atom stereocenters. The molecule has 0 aliphatic rings. The summed E-state index contributed by atoms with van der Waals surface area (Å²) in [5.74, 6) is 1.48. The highest BCUT2D eigenvalue weighted by molar-refractivity contribution is 7.10. The van der Waals surface area contributed by atoms with Crippen LogP contribution in [0.1, 0.15) is 48.2 Å². The molecule has 1 heterocycles. The molecule has 0 bridgehead atoms. The van der Waals surface area contributed by atoms with Gasteiger partial charge in [0.05, 0.1) is 13.2 Å². The van der Waals surface area contributed by atoms with Crippen LogP contribution in [0.15, 0.2) is 35.7 Å². The van der Waals surface area contributed by atoms with E-state index in [4.69, 9.17) is 10.5 Å². The molecule has 2 nitrogen and oxygen atoms in total. The highest BCUT2D eigenvalue weighted by Crippen LogP contribution is 2.30. The highest BCUT2D eigenvalue weighted by atomic mass is 32.1. The first-order valence-corrected chi connectivity index (χ1v) is 7.51. The molecule has 2 aromatic rings. The number of nitrogens with two attached hydrogens (primary N) is 1. The standard InChI is InChI=1S/C16H21NOS/c1-4-11(2)12-5-7-13(8-6-12)16(17)15-9-14(18-3)10-19-15/h5-11,16H,4,17H2,1-3H3. The van der Waals surface area contributed by atoms with E-state index in [1.54, 1.807) is 18.4 Å². The number of thiophene rings is 1. The monoisotopic (exact) mass is 275 g/mol. The van der Waals surface area contributed by atoms with E-state index in [-0.39, 0.29) is 6.04 Å². The molecule has 0 amide bonds. The molecule has 0 saturated heterocycles. The van der Waals surface area contributed by atoms with E-state index in [1.165, 1.54) is 5.56 Å². The van der Waals surface area contributed by atoms with Gasteiger partial charge in [0, 0.05) is 10.3 Å². The van der Waals surface area contributed by atoms with Crippen LogP contribution in [0.5, 0.6) is 5.75 Å². The Kier molecular flexibility index (Phi) is 4.61. The minimum absolute atomic E-state index is 0.0696. The van der Waals surface area contributed by atoms with Gasteiger partial charge in [0.25, 0.3) is 0 Å². The first-order valence-electron chi connectivity index (χ1n) is 6.63. The third-order valence-electron chi connectivity index (χ3n) is 3.61. The van der Waals surface area contributed by atoms with E-state index in [2.05, 4.69) is 38.1 Å². The second-order valence-corrected chi connectivity index (χ2v) is 5.79. The van der Waals surface area contributed by atoms with E-state index in [0.29, 0.717) is 5.92 Å². The third kappa shape index (κ3) is 3.17. The smallest absolute Gasteiger partial charge is 0.129 e. The van der Waals surface area contributed by atoms with Gasteiger partial charge in [-0.25, -0.2) is 0 Å². The average Bonchev–Trinajstić information content (AvgIpc) is 2.94. The van der Waals surface area contributed by atoms with Crippen LogP contribution in [0.4, 0.5) is 0 Å². The Morgan fingerprint density at radius 1 is 1.21 bits per heavy atom. The molecule has 0 radical (unpaired) electrons. The molecule has 2 unspecified atom stereocenters. The van der Waals surface area contributed by atoms with Crippen molar-refractivity contribution in [2.45, 2.75) is 32.2 Å². The Morgan fingerprint density at radius 3 is 2.37 bits per heavy atom. The minimum atomic E-state index is -0.0696. The maximum Gasteiger partial charge on any atom is 0.129 e. The molecule has 19 heavy (non-hydrogen) atoms. The van der Waals surface area contributed by atoms with Crippen LogP contribution in [0, 0.1) is 0 Å². The molecular formula is C16H21NOS. The van der Waals surface area contributed by atoms with Crippen molar-refractivity contribution in [3.8, 4) is 5.75 Å². The van der Waals surface area contributed by atoms with Gasteiger partial charge in [-0.1, -0.05) is 38.1 Å². The number of benzene rings is 1. The average molecular weight is 275 g/mol. The topological polar surface area (TPSA) is 35.2 Å². The number of hydrogen-bond donors (Lipinski definition) is 1. The van der Waals surface area contributed by atoms with E-state index < -0.39 is 0 Å². The molecule has 2 rings (SSSR count). The van der Waals surface area contributed by atoms with Gasteiger partial charge >= 0.3 is 0 Å². The second kappa shape index (κ2) is 6.22. The van der Waals surface area contributed by atoms with E-state index in [0.717, 1.165) is 22.6 Å². The Labute approximate surface area is 119 Å². The number of hydrogen-bond acceptors (Lipinski definition) is 3. The van der Waals surface area contributed by atoms with E-state index >= 15 is 0 Å². The quantitative estimate of drug-likeness (QED) is 0.882. The molecule has 2 N–H and O–H groups in total. The summed E-state index contributed by atoms with van der Waals surface area (Å²) in [6.07, 6.45) is 1.16. The summed E-state index contributed by atoms with van der Waals surface area (Å²) < 4.78 is 5.20. The molecule has 0 fully saturated rings. The summed E-state index contributed by atoms with van der Waals surface area (Å²) in [6.45, 7) is 4.46. The minimum Gasteiger partial charge on any atom is -0.496 e. The van der Waals surface area contributed by atoms with Gasteiger partial charge < -0.3 is 10.5 Å². The lowest BCUT2D eigenvalue weighted by molar-refractivity contribution is 0.416. The van der Waals surface area contributed by atoms with Crippen molar-refractivity contribution >= 4 is 11.3 Å². The summed E-state index contributed by atoms with van der Waals surface area (Å²) >= 11 is 1.64. The molecule has 102 valence electrons. The molecule has 0 saturated carbocycles. The van der Waals surface area contributed by atoms with Crippen LogP contribution >= 0.6 is 11.3 Å². The van der Waals surface area contributed by atoms with Crippen molar-refractivity contribution in [1.29, 1.82) is 0 Å². The van der Waals surface area contributed by atoms with Crippen LogP contribution in [0.2, 0.25) is 0 Å². The number of ether oxygens (including phenoxy) is 1. The molecule has 0 spiro atoms. The maximum absolute atomic E-state index is 6.30. The van der Waals surface area contributed by atoms with Gasteiger partial charge in [0.1, 0.15) is 5.75 Å². The first-order chi connectivity index (χ1) is 9.15. The van der Waals surface area contributed by atoms with Gasteiger partial charge in [0.2, 0.25) is 0 Å². The van der Waals surface area contributed by atoms with E-state index in [1.807, 2.05) is 11.4 Å². The second-order valence-electron chi connectivity index (χ2n) is 4.84. The third-order valence-corrected chi connectivity index (χ3v) is 4.61. The summed E-state index contributed by atoms with van der Waals surface area (Å²) in [4.78, 5) is 1.13. The lowest BCUT2D eigenvalue weighted by Gasteiger charge is -2.13. The van der Waals surface area contributed by atoms with Gasteiger partial charge in [0.15, 0.2) is 0 Å². The van der Waals surface area contributed by atoms with Crippen LogP contribution in [0.25, 0.3) is 0 Å². The first kappa shape index (κ1) is 14.1. The van der Waals surface area contributed by atoms with Crippen molar-refractivity contribution in [2.75, 3.05) is 7.11 Å². The van der Waals surface area contributed by atoms with E-state index in [9.17, 15) is 0 Å². The zero-order chi connectivity index (χ0) is 13.8. The van der Waals surface area contributed by atoms with Crippen molar-refractivity contribution in [2.24, 2.45) is 5.73 Å². The summed E-state index contributed by atoms with van der Waals surface area (Å²) in [7, 11) is 1.68. The molecular weight excluding hydrogens is 254 g/mol. The van der Waals surface area contributed by atoms with Gasteiger partial charge in [-0.2, -0.15) is 0 Å². The van der Waals surface area contributed by atoms with Crippen LogP contribution in [-0.2, 0) is 0 Å². The van der Waals surface area contributed by atoms with Crippen LogP contribution < -0.4 is 10.5 Å². The Balaban J connectivity index is 2.17. The maximum atomic E-state index is 6.30.